The van der Waals surface area contributed by atoms with E-state index in [0.29, 0.717) is 54.8 Å². The lowest BCUT2D eigenvalue weighted by Gasteiger charge is -2.39. The van der Waals surface area contributed by atoms with Crippen LogP contribution in [0, 0.1) is 18.3 Å². The molecule has 8 nitrogen and oxygen atoms in total. The summed E-state index contributed by atoms with van der Waals surface area (Å²) >= 11 is 0. The van der Waals surface area contributed by atoms with Gasteiger partial charge in [0.25, 0.3) is 0 Å². The largest absolute Gasteiger partial charge is 0.462 e. The average Bonchev–Trinajstić information content (AvgIpc) is 3.48. The maximum atomic E-state index is 16.6. The van der Waals surface area contributed by atoms with E-state index in [-0.39, 0.29) is 41.9 Å². The van der Waals surface area contributed by atoms with E-state index in [4.69, 9.17) is 16.3 Å². The Hall–Kier alpha value is -4.03. The number of fused-ring (bicyclic) bond motifs is 4. The number of carbonyl (C=O) groups excluding carboxylic acids is 1. The molecule has 3 fully saturated rings. The topological polar surface area (TPSA) is 66.2 Å². The van der Waals surface area contributed by atoms with Crippen LogP contribution in [0.4, 0.5) is 10.2 Å². The van der Waals surface area contributed by atoms with Crippen molar-refractivity contribution in [1.82, 2.24) is 19.8 Å². The lowest BCUT2D eigenvalue weighted by Crippen LogP contribution is -2.56. The van der Waals surface area contributed by atoms with E-state index in [1.807, 2.05) is 29.2 Å². The van der Waals surface area contributed by atoms with E-state index in [0.717, 1.165) is 31.4 Å². The van der Waals surface area contributed by atoms with Crippen molar-refractivity contribution in [2.75, 3.05) is 51.3 Å². The van der Waals surface area contributed by atoms with Gasteiger partial charge in [0, 0.05) is 36.6 Å². The second-order valence-corrected chi connectivity index (χ2v) is 12.1. The molecule has 42 heavy (non-hydrogen) atoms. The second kappa shape index (κ2) is 10.7. The molecule has 2 aromatic carbocycles. The summed E-state index contributed by atoms with van der Waals surface area (Å²) in [5.41, 5.74) is 4.38. The van der Waals surface area contributed by atoms with Crippen molar-refractivity contribution in [2.24, 2.45) is 5.92 Å². The van der Waals surface area contributed by atoms with Crippen molar-refractivity contribution in [3.8, 4) is 17.1 Å². The van der Waals surface area contributed by atoms with Crippen LogP contribution in [0.3, 0.4) is 0 Å². The third-order valence-corrected chi connectivity index (χ3v) is 9.65. The van der Waals surface area contributed by atoms with Gasteiger partial charge < -0.3 is 24.3 Å². The molecule has 9 heteroatoms. The maximum Gasteiger partial charge on any atom is 0.319 e. The van der Waals surface area contributed by atoms with Gasteiger partial charge in [-0.3, -0.25) is 4.79 Å². The predicted molar refractivity (Wildman–Crippen MR) is 160 cm³/mol. The Bertz CT molecular complexity index is 1620. The average molecular weight is 567 g/mol. The molecule has 2 aliphatic heterocycles. The minimum absolute atomic E-state index is 0.153. The van der Waals surface area contributed by atoms with Crippen LogP contribution < -0.4 is 9.64 Å². The molecule has 1 amide bonds. The Kier molecular flexibility index (Phi) is 6.82. The van der Waals surface area contributed by atoms with Gasteiger partial charge >= 0.3 is 6.01 Å². The third-order valence-electron chi connectivity index (χ3n) is 9.65. The second-order valence-electron chi connectivity index (χ2n) is 12.1. The van der Waals surface area contributed by atoms with E-state index >= 15 is 4.39 Å². The van der Waals surface area contributed by atoms with Gasteiger partial charge in [0.1, 0.15) is 24.0 Å². The Labute approximate surface area is 245 Å². The van der Waals surface area contributed by atoms with Crippen LogP contribution in [0.25, 0.3) is 26.9 Å². The van der Waals surface area contributed by atoms with Gasteiger partial charge in [0.15, 0.2) is 5.82 Å². The molecule has 216 valence electrons. The summed E-state index contributed by atoms with van der Waals surface area (Å²) in [6.45, 7) is 14.0. The van der Waals surface area contributed by atoms with Crippen LogP contribution in [0.15, 0.2) is 43.0 Å². The summed E-state index contributed by atoms with van der Waals surface area (Å²) in [4.78, 5) is 31.6. The van der Waals surface area contributed by atoms with Crippen LogP contribution >= 0.6 is 0 Å². The van der Waals surface area contributed by atoms with E-state index in [1.54, 1.807) is 4.90 Å². The zero-order chi connectivity index (χ0) is 29.0. The molecule has 0 bridgehead atoms. The Morgan fingerprint density at radius 3 is 2.86 bits per heavy atom. The number of hydrogen-bond donors (Lipinski definition) is 0. The first-order valence-electron chi connectivity index (χ1n) is 14.9. The van der Waals surface area contributed by atoms with E-state index in [1.165, 1.54) is 23.6 Å². The molecule has 1 aromatic heterocycles. The minimum Gasteiger partial charge on any atom is -0.462 e. The summed E-state index contributed by atoms with van der Waals surface area (Å²) in [6.07, 6.45) is 5.71. The highest BCUT2D eigenvalue weighted by Gasteiger charge is 2.46. The molecular formula is C33H35FN6O2. The van der Waals surface area contributed by atoms with Gasteiger partial charge in [-0.2, -0.15) is 9.97 Å². The first kappa shape index (κ1) is 26.8. The molecule has 4 aliphatic rings. The molecule has 4 atom stereocenters. The summed E-state index contributed by atoms with van der Waals surface area (Å²) in [5.74, 6) is 1.24. The monoisotopic (exact) mass is 566 g/mol. The van der Waals surface area contributed by atoms with E-state index < -0.39 is 0 Å². The molecule has 1 saturated carbocycles. The lowest BCUT2D eigenvalue weighted by molar-refractivity contribution is -0.128. The third kappa shape index (κ3) is 4.58. The smallest absolute Gasteiger partial charge is 0.319 e. The van der Waals surface area contributed by atoms with Gasteiger partial charge in [-0.15, -0.1) is 0 Å². The van der Waals surface area contributed by atoms with Crippen LogP contribution in [-0.2, 0) is 11.2 Å². The van der Waals surface area contributed by atoms with Gasteiger partial charge in [-0.1, -0.05) is 30.8 Å². The van der Waals surface area contributed by atoms with Crippen molar-refractivity contribution in [3.63, 3.8) is 0 Å². The molecule has 3 aromatic rings. The number of benzene rings is 2. The maximum absolute atomic E-state index is 16.6. The van der Waals surface area contributed by atoms with Crippen molar-refractivity contribution < 1.29 is 13.9 Å². The minimum atomic E-state index is -0.366. The first-order chi connectivity index (χ1) is 20.5. The normalized spacial score (nSPS) is 24.8. The highest BCUT2D eigenvalue weighted by molar-refractivity contribution is 5.94. The number of rotatable bonds is 7. The molecule has 0 spiro atoms. The zero-order valence-corrected chi connectivity index (χ0v) is 23.9. The van der Waals surface area contributed by atoms with Gasteiger partial charge in [-0.05, 0) is 79.9 Å². The molecule has 2 saturated heterocycles. The predicted octanol–water partition coefficient (Wildman–Crippen LogP) is 4.69. The summed E-state index contributed by atoms with van der Waals surface area (Å²) in [7, 11) is 2.09. The number of carbonyl (C=O) groups is 1. The number of likely N-dealkylation sites (tertiary alicyclic amines) is 1. The summed E-state index contributed by atoms with van der Waals surface area (Å²) < 4.78 is 22.8. The summed E-state index contributed by atoms with van der Waals surface area (Å²) in [6, 6.07) is 10.1. The zero-order valence-electron chi connectivity index (χ0n) is 23.9. The molecule has 0 radical (unpaired) electrons. The van der Waals surface area contributed by atoms with Crippen molar-refractivity contribution >= 4 is 22.6 Å². The van der Waals surface area contributed by atoms with Crippen LogP contribution in [0.2, 0.25) is 0 Å². The van der Waals surface area contributed by atoms with Crippen LogP contribution in [0.5, 0.6) is 6.01 Å². The SMILES string of the molecule is [C-]#[N+]C[C@H]1CN(c2nc(OC[C@@H]3CCCN3C)nc3c(F)c(-c4cccc5c4[C@H]4C[C@H]4C5)ccc23)CCN1C(=O)C=C. The van der Waals surface area contributed by atoms with Crippen LogP contribution in [-0.4, -0.2) is 84.1 Å². The first-order valence-corrected chi connectivity index (χ1v) is 14.9. The number of nitrogens with zero attached hydrogens (tertiary/aromatic N) is 6. The molecule has 2 aliphatic carbocycles. The Morgan fingerprint density at radius 2 is 2.07 bits per heavy atom. The standard InChI is InChI=1S/C33H35FN6O2/c1-4-28(41)40-14-13-39(18-23(40)17-35-2)32-26-11-10-25(24-9-5-7-20-15-21-16-27(21)29(20)24)30(34)31(26)36-33(37-32)42-19-22-8-6-12-38(22)3/h4-5,7,9-11,21-23,27H,1,6,8,12-19H2,3H3/t21-,22+,23+,27+/m1/s1. The van der Waals surface area contributed by atoms with Gasteiger partial charge in [0.05, 0.1) is 0 Å². The quantitative estimate of drug-likeness (QED) is 0.306. The highest BCUT2D eigenvalue weighted by Crippen LogP contribution is 2.58. The lowest BCUT2D eigenvalue weighted by atomic mass is 9.93. The number of piperazine rings is 1. The molecule has 0 N–H and O–H groups in total. The number of hydrogen-bond acceptors (Lipinski definition) is 6. The number of amides is 1. The van der Waals surface area contributed by atoms with Crippen molar-refractivity contribution in [2.45, 2.75) is 43.7 Å². The van der Waals surface area contributed by atoms with Crippen molar-refractivity contribution in [3.05, 3.63) is 71.3 Å². The number of likely N-dealkylation sites (N-methyl/N-ethyl adjacent to an activating group) is 1. The summed E-state index contributed by atoms with van der Waals surface area (Å²) in [5, 5.41) is 0.600. The van der Waals surface area contributed by atoms with Crippen LogP contribution in [0.1, 0.15) is 36.3 Å². The van der Waals surface area contributed by atoms with E-state index in [9.17, 15) is 4.79 Å². The van der Waals surface area contributed by atoms with Gasteiger partial charge in [-0.25, -0.2) is 11.0 Å². The Morgan fingerprint density at radius 1 is 1.19 bits per heavy atom. The molecule has 0 unspecified atom stereocenters. The van der Waals surface area contributed by atoms with Gasteiger partial charge in [0.2, 0.25) is 12.5 Å². The molecule has 7 rings (SSSR count). The number of halogens is 1. The molecule has 3 heterocycles. The fourth-order valence-corrected chi connectivity index (χ4v) is 7.29. The fraction of sp³-hybridized carbons (Fsp3) is 0.455. The number of anilines is 1. The molecular weight excluding hydrogens is 531 g/mol. The number of ether oxygens (including phenoxy) is 1. The fourth-order valence-electron chi connectivity index (χ4n) is 7.29. The number of aromatic nitrogens is 2. The Balaban J connectivity index is 1.30. The van der Waals surface area contributed by atoms with E-state index in [2.05, 4.69) is 34.4 Å². The highest BCUT2D eigenvalue weighted by atomic mass is 19.1. The van der Waals surface area contributed by atoms with Crippen molar-refractivity contribution in [1.29, 1.82) is 0 Å².